The Hall–Kier alpha value is -3.92. The van der Waals surface area contributed by atoms with Crippen LogP contribution >= 0.6 is 0 Å². The highest BCUT2D eigenvalue weighted by Crippen LogP contribution is 2.28. The molecule has 30 heavy (non-hydrogen) atoms. The van der Waals surface area contributed by atoms with E-state index < -0.39 is 12.0 Å². The second kappa shape index (κ2) is 7.48. The third-order valence-electron chi connectivity index (χ3n) is 4.69. The Morgan fingerprint density at radius 1 is 1.10 bits per heavy atom. The van der Waals surface area contributed by atoms with Gasteiger partial charge in [-0.3, -0.25) is 4.57 Å². The van der Waals surface area contributed by atoms with Gasteiger partial charge in [0.1, 0.15) is 29.2 Å². The minimum atomic E-state index is -0.572. The molecule has 10 heteroatoms. The van der Waals surface area contributed by atoms with E-state index in [9.17, 15) is 4.39 Å². The summed E-state index contributed by atoms with van der Waals surface area (Å²) in [6.45, 7) is 0.290. The Morgan fingerprint density at radius 2 is 1.97 bits per heavy atom. The van der Waals surface area contributed by atoms with Crippen LogP contribution in [0, 0.1) is 5.95 Å². The highest BCUT2D eigenvalue weighted by molar-refractivity contribution is 5.82. The third-order valence-corrected chi connectivity index (χ3v) is 4.69. The van der Waals surface area contributed by atoms with Crippen LogP contribution in [0.15, 0.2) is 55.1 Å². The summed E-state index contributed by atoms with van der Waals surface area (Å²) in [6.07, 6.45) is 2.99. The van der Waals surface area contributed by atoms with Crippen molar-refractivity contribution in [2.45, 2.75) is 6.04 Å². The first-order valence-corrected chi connectivity index (χ1v) is 9.24. The summed E-state index contributed by atoms with van der Waals surface area (Å²) in [5, 5.41) is 3.36. The lowest BCUT2D eigenvalue weighted by atomic mass is 10.2. The summed E-state index contributed by atoms with van der Waals surface area (Å²) < 4.78 is 21.2. The zero-order valence-corrected chi connectivity index (χ0v) is 16.0. The molecule has 4 aromatic heterocycles. The van der Waals surface area contributed by atoms with Gasteiger partial charge in [0.15, 0.2) is 17.1 Å². The van der Waals surface area contributed by atoms with Gasteiger partial charge in [-0.05, 0) is 24.3 Å². The number of methoxy groups -OCH3 is 1. The van der Waals surface area contributed by atoms with Crippen molar-refractivity contribution in [2.24, 2.45) is 0 Å². The number of H-pyrrole nitrogens is 1. The van der Waals surface area contributed by atoms with Crippen molar-refractivity contribution >= 4 is 28.1 Å². The lowest BCUT2D eigenvalue weighted by Crippen LogP contribution is -2.21. The number of pyridine rings is 1. The first-order valence-electron chi connectivity index (χ1n) is 9.24. The second-order valence-corrected chi connectivity index (χ2v) is 6.59. The molecule has 0 fully saturated rings. The lowest BCUT2D eigenvalue weighted by molar-refractivity contribution is 0.183. The quantitative estimate of drug-likeness (QED) is 0.419. The molecule has 1 unspecified atom stereocenters. The van der Waals surface area contributed by atoms with E-state index in [1.807, 2.05) is 34.9 Å². The molecule has 0 aliphatic rings. The first-order chi connectivity index (χ1) is 14.7. The number of hydrogen-bond donors (Lipinski definition) is 2. The normalized spacial score (nSPS) is 12.5. The molecule has 1 atom stereocenters. The molecule has 5 rings (SSSR count). The molecule has 0 spiro atoms. The van der Waals surface area contributed by atoms with Gasteiger partial charge in [-0.15, -0.1) is 0 Å². The van der Waals surface area contributed by atoms with Crippen LogP contribution in [0.25, 0.3) is 28.0 Å². The number of aromatic nitrogens is 7. The van der Waals surface area contributed by atoms with Crippen molar-refractivity contribution in [3.8, 4) is 5.69 Å². The van der Waals surface area contributed by atoms with Gasteiger partial charge in [0.05, 0.1) is 12.9 Å². The van der Waals surface area contributed by atoms with Gasteiger partial charge in [-0.25, -0.2) is 19.9 Å². The minimum absolute atomic E-state index is 0.290. The molecule has 0 radical (unpaired) electrons. The number of anilines is 1. The Labute approximate surface area is 170 Å². The maximum Gasteiger partial charge on any atom is 0.214 e. The van der Waals surface area contributed by atoms with Crippen LogP contribution in [-0.2, 0) is 4.74 Å². The van der Waals surface area contributed by atoms with Crippen LogP contribution in [0.3, 0.4) is 0 Å². The molecule has 0 saturated heterocycles. The second-order valence-electron chi connectivity index (χ2n) is 6.59. The van der Waals surface area contributed by atoms with Crippen LogP contribution in [-0.4, -0.2) is 48.2 Å². The van der Waals surface area contributed by atoms with Crippen LogP contribution in [0.1, 0.15) is 11.9 Å². The number of aromatic amines is 1. The maximum atomic E-state index is 14.0. The number of imidazole rings is 2. The predicted octanol–water partition coefficient (Wildman–Crippen LogP) is 3.03. The molecule has 0 saturated carbocycles. The number of rotatable bonds is 6. The van der Waals surface area contributed by atoms with Gasteiger partial charge in [0, 0.05) is 12.8 Å². The van der Waals surface area contributed by atoms with Crippen LogP contribution < -0.4 is 5.32 Å². The highest BCUT2D eigenvalue weighted by atomic mass is 19.1. The summed E-state index contributed by atoms with van der Waals surface area (Å²) >= 11 is 0. The first kappa shape index (κ1) is 18.1. The van der Waals surface area contributed by atoms with E-state index in [0.29, 0.717) is 34.0 Å². The van der Waals surface area contributed by atoms with Crippen molar-refractivity contribution in [1.29, 1.82) is 0 Å². The van der Waals surface area contributed by atoms with Gasteiger partial charge in [-0.1, -0.05) is 18.2 Å². The van der Waals surface area contributed by atoms with E-state index in [4.69, 9.17) is 9.72 Å². The van der Waals surface area contributed by atoms with Gasteiger partial charge in [-0.2, -0.15) is 9.37 Å². The maximum absolute atomic E-state index is 14.0. The molecular weight excluding hydrogens is 387 g/mol. The molecule has 0 aliphatic heterocycles. The molecule has 2 N–H and O–H groups in total. The van der Waals surface area contributed by atoms with E-state index in [1.54, 1.807) is 19.5 Å². The smallest absolute Gasteiger partial charge is 0.214 e. The van der Waals surface area contributed by atoms with Crippen molar-refractivity contribution in [3.05, 3.63) is 66.9 Å². The minimum Gasteiger partial charge on any atom is -0.382 e. The van der Waals surface area contributed by atoms with Crippen molar-refractivity contribution in [1.82, 2.24) is 34.5 Å². The summed E-state index contributed by atoms with van der Waals surface area (Å²) in [6, 6.07) is 12.1. The van der Waals surface area contributed by atoms with Crippen molar-refractivity contribution < 1.29 is 9.13 Å². The van der Waals surface area contributed by atoms with Gasteiger partial charge in [0.2, 0.25) is 5.95 Å². The summed E-state index contributed by atoms with van der Waals surface area (Å²) in [7, 11) is 1.61. The zero-order chi connectivity index (χ0) is 20.5. The summed E-state index contributed by atoms with van der Waals surface area (Å²) in [5.41, 5.74) is 3.03. The van der Waals surface area contributed by atoms with Crippen molar-refractivity contribution in [2.75, 3.05) is 19.0 Å². The molecule has 0 aliphatic carbocycles. The average molecular weight is 404 g/mol. The van der Waals surface area contributed by atoms with E-state index in [0.717, 1.165) is 5.69 Å². The SMILES string of the molecule is COCC(Nc1ncnc2nc[nH]c12)c1nc2ccc(F)nc2n1-c1ccccc1. The lowest BCUT2D eigenvalue weighted by Gasteiger charge is -2.20. The highest BCUT2D eigenvalue weighted by Gasteiger charge is 2.24. The van der Waals surface area contributed by atoms with Gasteiger partial charge in [0.25, 0.3) is 0 Å². The fourth-order valence-electron chi connectivity index (χ4n) is 3.40. The number of halogens is 1. The fraction of sp³-hybridized carbons (Fsp3) is 0.150. The van der Waals surface area contributed by atoms with E-state index in [2.05, 4.69) is 30.2 Å². The van der Waals surface area contributed by atoms with Crippen LogP contribution in [0.2, 0.25) is 0 Å². The average Bonchev–Trinajstić information content (AvgIpc) is 3.39. The summed E-state index contributed by atoms with van der Waals surface area (Å²) in [4.78, 5) is 24.5. The molecule has 0 bridgehead atoms. The number of hydrogen-bond acceptors (Lipinski definition) is 7. The largest absolute Gasteiger partial charge is 0.382 e. The molecule has 9 nitrogen and oxygen atoms in total. The Bertz CT molecular complexity index is 1320. The monoisotopic (exact) mass is 404 g/mol. The zero-order valence-electron chi connectivity index (χ0n) is 16.0. The molecular formula is C20H17FN8O. The van der Waals surface area contributed by atoms with Crippen molar-refractivity contribution in [3.63, 3.8) is 0 Å². The molecule has 5 aromatic rings. The van der Waals surface area contributed by atoms with E-state index in [1.165, 1.54) is 12.4 Å². The van der Waals surface area contributed by atoms with Gasteiger partial charge < -0.3 is 15.0 Å². The summed E-state index contributed by atoms with van der Waals surface area (Å²) in [5.74, 6) is 0.602. The molecule has 150 valence electrons. The predicted molar refractivity (Wildman–Crippen MR) is 109 cm³/mol. The number of fused-ring (bicyclic) bond motifs is 2. The Morgan fingerprint density at radius 3 is 2.80 bits per heavy atom. The van der Waals surface area contributed by atoms with Crippen LogP contribution in [0.5, 0.6) is 0 Å². The topological polar surface area (TPSA) is 106 Å². The number of nitrogens with zero attached hydrogens (tertiary/aromatic N) is 6. The van der Waals surface area contributed by atoms with E-state index >= 15 is 0 Å². The number of benzene rings is 1. The Kier molecular flexibility index (Phi) is 4.52. The number of nitrogens with one attached hydrogen (secondary N) is 2. The van der Waals surface area contributed by atoms with E-state index in [-0.39, 0.29) is 6.61 Å². The number of ether oxygens (including phenoxy) is 1. The Balaban J connectivity index is 1.68. The molecule has 0 amide bonds. The standard InChI is InChI=1S/C20H17FN8O/c1-30-9-14(26-18-16-17(23-10-22-16)24-11-25-18)20-27-13-7-8-15(21)28-19(13)29(20)12-5-3-2-4-6-12/h2-8,10-11,14H,9H2,1H3,(H2,22,23,24,25,26). The molecule has 1 aromatic carbocycles. The van der Waals surface area contributed by atoms with Crippen LogP contribution in [0.4, 0.5) is 10.2 Å². The van der Waals surface area contributed by atoms with Gasteiger partial charge >= 0.3 is 0 Å². The third kappa shape index (κ3) is 3.12. The fourth-order valence-corrected chi connectivity index (χ4v) is 3.40. The number of para-hydroxylation sites is 1. The molecule has 4 heterocycles.